The van der Waals surface area contributed by atoms with Crippen molar-refractivity contribution in [1.29, 1.82) is 0 Å². The molecule has 3 rings (SSSR count). The second kappa shape index (κ2) is 7.91. The number of hydrogen-bond donors (Lipinski definition) is 3. The van der Waals surface area contributed by atoms with Crippen molar-refractivity contribution < 1.29 is 19.2 Å². The molecule has 0 aliphatic carbocycles. The predicted molar refractivity (Wildman–Crippen MR) is 101 cm³/mol. The third kappa shape index (κ3) is 3.57. The van der Waals surface area contributed by atoms with Crippen LogP contribution in [0.1, 0.15) is 29.3 Å². The van der Waals surface area contributed by atoms with Gasteiger partial charge in [0.25, 0.3) is 17.7 Å². The summed E-state index contributed by atoms with van der Waals surface area (Å²) in [5.74, 6) is -1.69. The quantitative estimate of drug-likeness (QED) is 0.657. The topological polar surface area (TPSA) is 108 Å². The Morgan fingerprint density at radius 2 is 1.61 bits per heavy atom. The van der Waals surface area contributed by atoms with Gasteiger partial charge in [0.2, 0.25) is 0 Å². The molecule has 0 radical (unpaired) electrons. The molecular weight excluding hydrogens is 360 g/mol. The van der Waals surface area contributed by atoms with Crippen LogP contribution in [-0.4, -0.2) is 35.3 Å². The Kier molecular flexibility index (Phi) is 5.39. The molecule has 0 saturated carbocycles. The Bertz CT molecular complexity index is 901. The van der Waals surface area contributed by atoms with E-state index in [1.807, 2.05) is 6.07 Å². The van der Waals surface area contributed by atoms with E-state index in [1.165, 1.54) is 0 Å². The van der Waals surface area contributed by atoms with E-state index in [4.69, 9.17) is 0 Å². The number of amides is 5. The van der Waals surface area contributed by atoms with Crippen LogP contribution in [0.5, 0.6) is 0 Å². The Hall–Kier alpha value is -3.68. The van der Waals surface area contributed by atoms with Crippen LogP contribution in [0.25, 0.3) is 0 Å². The zero-order chi connectivity index (χ0) is 20.1. The first-order valence-corrected chi connectivity index (χ1v) is 8.83. The van der Waals surface area contributed by atoms with Gasteiger partial charge >= 0.3 is 6.03 Å². The molecule has 1 aliphatic rings. The van der Waals surface area contributed by atoms with Crippen molar-refractivity contribution in [3.63, 3.8) is 0 Å². The number of carbonyl (C=O) groups excluding carboxylic acids is 4. The van der Waals surface area contributed by atoms with Crippen LogP contribution in [0.15, 0.2) is 60.7 Å². The molecule has 1 heterocycles. The summed E-state index contributed by atoms with van der Waals surface area (Å²) in [4.78, 5) is 49.4. The Labute approximate surface area is 161 Å². The molecule has 0 spiro atoms. The molecule has 5 amide bonds. The van der Waals surface area contributed by atoms with Gasteiger partial charge in [-0.25, -0.2) is 4.79 Å². The molecule has 1 atom stereocenters. The molecule has 1 saturated heterocycles. The van der Waals surface area contributed by atoms with E-state index in [0.717, 1.165) is 0 Å². The molecular formula is C20H20N4O4. The van der Waals surface area contributed by atoms with E-state index in [1.54, 1.807) is 61.5 Å². The summed E-state index contributed by atoms with van der Waals surface area (Å²) in [6, 6.07) is 16.5. The number of benzene rings is 2. The molecule has 2 aromatic carbocycles. The smallest absolute Gasteiger partial charge is 0.343 e. The average Bonchev–Trinajstić information content (AvgIpc) is 2.98. The lowest BCUT2D eigenvalue weighted by Gasteiger charge is -2.25. The predicted octanol–water partition coefficient (Wildman–Crippen LogP) is 1.30. The van der Waals surface area contributed by atoms with Gasteiger partial charge in [0, 0.05) is 5.56 Å². The Morgan fingerprint density at radius 3 is 2.21 bits per heavy atom. The molecule has 28 heavy (non-hydrogen) atoms. The highest BCUT2D eigenvalue weighted by Gasteiger charge is 2.52. The minimum Gasteiger partial charge on any atom is -0.343 e. The average molecular weight is 380 g/mol. The summed E-state index contributed by atoms with van der Waals surface area (Å²) >= 11 is 0. The summed E-state index contributed by atoms with van der Waals surface area (Å²) < 4.78 is 0. The van der Waals surface area contributed by atoms with E-state index in [0.29, 0.717) is 22.6 Å². The van der Waals surface area contributed by atoms with E-state index in [9.17, 15) is 19.2 Å². The van der Waals surface area contributed by atoms with E-state index >= 15 is 0 Å². The minimum absolute atomic E-state index is 0.318. The van der Waals surface area contributed by atoms with Gasteiger partial charge in [-0.1, -0.05) is 55.5 Å². The summed E-state index contributed by atoms with van der Waals surface area (Å²) in [5, 5.41) is 5.77. The molecule has 144 valence electrons. The number of hydrogen-bond acceptors (Lipinski definition) is 4. The third-order valence-corrected chi connectivity index (χ3v) is 4.57. The van der Waals surface area contributed by atoms with Gasteiger partial charge in [-0.05, 0) is 24.1 Å². The number of carbonyl (C=O) groups is 4. The summed E-state index contributed by atoms with van der Waals surface area (Å²) in [5.41, 5.74) is 2.06. The van der Waals surface area contributed by atoms with Crippen LogP contribution in [0.2, 0.25) is 0 Å². The molecule has 8 nitrogen and oxygen atoms in total. The summed E-state index contributed by atoms with van der Waals surface area (Å²) in [6.45, 7) is 1.39. The van der Waals surface area contributed by atoms with Gasteiger partial charge in [0.1, 0.15) is 5.54 Å². The van der Waals surface area contributed by atoms with Gasteiger partial charge in [0.15, 0.2) is 0 Å². The van der Waals surface area contributed by atoms with Crippen LogP contribution < -0.4 is 16.1 Å². The van der Waals surface area contributed by atoms with Crippen molar-refractivity contribution in [2.75, 3.05) is 6.54 Å². The van der Waals surface area contributed by atoms with E-state index < -0.39 is 29.3 Å². The molecule has 0 aromatic heterocycles. The van der Waals surface area contributed by atoms with Gasteiger partial charge in [-0.2, -0.15) is 5.01 Å². The van der Waals surface area contributed by atoms with Crippen LogP contribution in [0, 0.1) is 0 Å². The lowest BCUT2D eigenvalue weighted by atomic mass is 9.87. The van der Waals surface area contributed by atoms with Crippen LogP contribution in [0.3, 0.4) is 0 Å². The molecule has 1 aliphatic heterocycles. The molecule has 8 heteroatoms. The first kappa shape index (κ1) is 19.1. The molecule has 1 fully saturated rings. The largest absolute Gasteiger partial charge is 0.344 e. The highest BCUT2D eigenvalue weighted by molar-refractivity contribution is 6.08. The fourth-order valence-corrected chi connectivity index (χ4v) is 3.05. The number of urea groups is 1. The molecule has 2 aromatic rings. The lowest BCUT2D eigenvalue weighted by molar-refractivity contribution is -0.139. The third-order valence-electron chi connectivity index (χ3n) is 4.57. The van der Waals surface area contributed by atoms with Crippen molar-refractivity contribution in [3.8, 4) is 0 Å². The van der Waals surface area contributed by atoms with Gasteiger partial charge in [-0.15, -0.1) is 0 Å². The molecule has 0 bridgehead atoms. The van der Waals surface area contributed by atoms with Crippen molar-refractivity contribution in [3.05, 3.63) is 71.8 Å². The monoisotopic (exact) mass is 380 g/mol. The zero-order valence-electron chi connectivity index (χ0n) is 15.3. The highest BCUT2D eigenvalue weighted by atomic mass is 16.2. The van der Waals surface area contributed by atoms with Crippen LogP contribution in [0.4, 0.5) is 4.79 Å². The number of imide groups is 1. The number of rotatable bonds is 6. The van der Waals surface area contributed by atoms with Crippen molar-refractivity contribution in [2.45, 2.75) is 18.9 Å². The van der Waals surface area contributed by atoms with E-state index in [2.05, 4.69) is 16.1 Å². The highest BCUT2D eigenvalue weighted by Crippen LogP contribution is 2.31. The maximum atomic E-state index is 12.9. The first-order valence-electron chi connectivity index (χ1n) is 8.83. The van der Waals surface area contributed by atoms with E-state index in [-0.39, 0.29) is 6.54 Å². The number of hydrazine groups is 1. The van der Waals surface area contributed by atoms with Crippen molar-refractivity contribution >= 4 is 23.8 Å². The second-order valence-electron chi connectivity index (χ2n) is 6.28. The maximum Gasteiger partial charge on any atom is 0.344 e. The number of nitrogens with one attached hydrogen (secondary N) is 3. The van der Waals surface area contributed by atoms with Crippen LogP contribution >= 0.6 is 0 Å². The lowest BCUT2D eigenvalue weighted by Crippen LogP contribution is -2.51. The summed E-state index contributed by atoms with van der Waals surface area (Å²) in [6.07, 6.45) is 0.318. The van der Waals surface area contributed by atoms with Crippen LogP contribution in [-0.2, 0) is 15.1 Å². The van der Waals surface area contributed by atoms with Gasteiger partial charge in [0.05, 0.1) is 6.54 Å². The normalized spacial score (nSPS) is 18.5. The fraction of sp³-hybridized carbons (Fsp3) is 0.200. The van der Waals surface area contributed by atoms with Gasteiger partial charge in [-0.3, -0.25) is 19.8 Å². The first-order chi connectivity index (χ1) is 13.5. The standard InChI is InChI=1S/C20H20N4O4/c1-2-20(15-11-7-4-8-12-15)18(27)24(19(28)22-20)23-16(25)13-21-17(26)14-9-5-3-6-10-14/h3-12H,2,13H2,1H3,(H,21,26)(H,22,28)(H,23,25)/t20-/m1/s1. The molecule has 0 unspecified atom stereocenters. The SMILES string of the molecule is CC[C@]1(c2ccccc2)NC(=O)N(NC(=O)CNC(=O)c2ccccc2)C1=O. The van der Waals surface area contributed by atoms with Crippen molar-refractivity contribution in [2.24, 2.45) is 0 Å². The maximum absolute atomic E-state index is 12.9. The Balaban J connectivity index is 1.65. The van der Waals surface area contributed by atoms with Crippen molar-refractivity contribution in [1.82, 2.24) is 21.1 Å². The van der Waals surface area contributed by atoms with Gasteiger partial charge < -0.3 is 10.6 Å². The number of nitrogens with zero attached hydrogens (tertiary/aromatic N) is 1. The minimum atomic E-state index is -1.24. The Morgan fingerprint density at radius 1 is 1.00 bits per heavy atom. The zero-order valence-corrected chi connectivity index (χ0v) is 15.3. The fourth-order valence-electron chi connectivity index (χ4n) is 3.05. The summed E-state index contributed by atoms with van der Waals surface area (Å²) in [7, 11) is 0. The second-order valence-corrected chi connectivity index (χ2v) is 6.28. The molecule has 3 N–H and O–H groups in total.